The molecule has 0 radical (unpaired) electrons. The Morgan fingerprint density at radius 2 is 1.92 bits per heavy atom. The van der Waals surface area contributed by atoms with Crippen LogP contribution >= 0.6 is 11.6 Å². The lowest BCUT2D eigenvalue weighted by Gasteiger charge is -2.13. The topological polar surface area (TPSA) is 55.1 Å². The fourth-order valence-corrected chi connectivity index (χ4v) is 2.73. The van der Waals surface area contributed by atoms with Crippen molar-refractivity contribution in [3.63, 3.8) is 0 Å². The van der Waals surface area contributed by atoms with E-state index in [9.17, 15) is 23.1 Å². The third-order valence-electron chi connectivity index (χ3n) is 3.55. The summed E-state index contributed by atoms with van der Waals surface area (Å²) in [5.41, 5.74) is -0.687. The first-order chi connectivity index (χ1) is 11.3. The van der Waals surface area contributed by atoms with E-state index in [0.29, 0.717) is 10.9 Å². The number of rotatable bonds is 3. The van der Waals surface area contributed by atoms with Gasteiger partial charge in [0.05, 0.1) is 17.6 Å². The van der Waals surface area contributed by atoms with Gasteiger partial charge in [0, 0.05) is 10.4 Å². The lowest BCUT2D eigenvalue weighted by molar-refractivity contribution is -0.138. The molecule has 0 unspecified atom stereocenters. The summed E-state index contributed by atoms with van der Waals surface area (Å²) < 4.78 is 40.7. The Balaban J connectivity index is 2.15. The predicted octanol–water partition coefficient (Wildman–Crippen LogP) is 4.46. The van der Waals surface area contributed by atoms with Gasteiger partial charge in [-0.1, -0.05) is 29.8 Å². The van der Waals surface area contributed by atoms with Crippen molar-refractivity contribution in [2.75, 3.05) is 0 Å². The molecule has 1 aromatic heterocycles. The van der Waals surface area contributed by atoms with Crippen molar-refractivity contribution in [2.45, 2.75) is 12.7 Å². The van der Waals surface area contributed by atoms with Gasteiger partial charge in [-0.15, -0.1) is 0 Å². The minimum Gasteiger partial charge on any atom is -0.476 e. The molecule has 0 bridgehead atoms. The summed E-state index contributed by atoms with van der Waals surface area (Å²) in [4.78, 5) is 11.3. The van der Waals surface area contributed by atoms with Crippen LogP contribution < -0.4 is 0 Å². The molecule has 8 heteroatoms. The molecule has 0 aliphatic heterocycles. The van der Waals surface area contributed by atoms with E-state index in [1.54, 1.807) is 24.3 Å². The molecule has 2 aromatic carbocycles. The molecule has 3 rings (SSSR count). The number of fused-ring (bicyclic) bond motifs is 1. The van der Waals surface area contributed by atoms with Gasteiger partial charge in [0.1, 0.15) is 0 Å². The Bertz CT molecular complexity index is 935. The maximum atomic E-state index is 13.2. The number of hydrogen-bond acceptors (Lipinski definition) is 2. The van der Waals surface area contributed by atoms with Crippen LogP contribution in [0.5, 0.6) is 0 Å². The molecule has 0 fully saturated rings. The van der Waals surface area contributed by atoms with Gasteiger partial charge in [0.2, 0.25) is 0 Å². The molecule has 1 heterocycles. The second-order valence-corrected chi connectivity index (χ2v) is 5.56. The van der Waals surface area contributed by atoms with Crippen LogP contribution in [0, 0.1) is 0 Å². The van der Waals surface area contributed by atoms with Crippen molar-refractivity contribution in [1.29, 1.82) is 0 Å². The monoisotopic (exact) mass is 354 g/mol. The molecule has 0 aliphatic rings. The molecule has 0 atom stereocenters. The minimum absolute atomic E-state index is 0.0832. The van der Waals surface area contributed by atoms with E-state index in [4.69, 9.17) is 11.6 Å². The van der Waals surface area contributed by atoms with E-state index >= 15 is 0 Å². The van der Waals surface area contributed by atoms with Gasteiger partial charge in [-0.2, -0.15) is 18.3 Å². The van der Waals surface area contributed by atoms with Crippen LogP contribution in [-0.2, 0) is 12.7 Å². The molecule has 124 valence electrons. The summed E-state index contributed by atoms with van der Waals surface area (Å²) in [5, 5.41) is 13.7. The summed E-state index contributed by atoms with van der Waals surface area (Å²) in [6.07, 6.45) is -4.54. The number of benzene rings is 2. The number of carbonyl (C=O) groups is 1. The van der Waals surface area contributed by atoms with E-state index in [0.717, 1.165) is 12.1 Å². The second kappa shape index (κ2) is 5.83. The zero-order valence-electron chi connectivity index (χ0n) is 12.0. The van der Waals surface area contributed by atoms with E-state index in [-0.39, 0.29) is 22.8 Å². The zero-order valence-corrected chi connectivity index (χ0v) is 12.8. The fourth-order valence-electron chi connectivity index (χ4n) is 2.54. The average Bonchev–Trinajstić information content (AvgIpc) is 2.85. The third-order valence-corrected chi connectivity index (χ3v) is 3.79. The molecular formula is C16H10ClF3N2O2. The number of alkyl halides is 3. The normalized spacial score (nSPS) is 11.8. The SMILES string of the molecule is O=C(O)c1nn(Cc2cc(Cl)ccc2C(F)(F)F)c2ccccc12. The summed E-state index contributed by atoms with van der Waals surface area (Å²) >= 11 is 5.82. The maximum Gasteiger partial charge on any atom is 0.416 e. The number of carboxylic acids is 1. The van der Waals surface area contributed by atoms with Gasteiger partial charge in [-0.3, -0.25) is 4.68 Å². The van der Waals surface area contributed by atoms with Crippen molar-refractivity contribution in [1.82, 2.24) is 9.78 Å². The predicted molar refractivity (Wildman–Crippen MR) is 82.2 cm³/mol. The highest BCUT2D eigenvalue weighted by Crippen LogP contribution is 2.34. The van der Waals surface area contributed by atoms with Crippen molar-refractivity contribution in [3.8, 4) is 0 Å². The van der Waals surface area contributed by atoms with E-state index < -0.39 is 17.7 Å². The quantitative estimate of drug-likeness (QED) is 0.755. The van der Waals surface area contributed by atoms with Crippen molar-refractivity contribution >= 4 is 28.5 Å². The van der Waals surface area contributed by atoms with Gasteiger partial charge >= 0.3 is 12.1 Å². The number of para-hydroxylation sites is 1. The number of aromatic carboxylic acids is 1. The number of carboxylic acid groups (broad SMARTS) is 1. The van der Waals surface area contributed by atoms with Crippen molar-refractivity contribution in [3.05, 3.63) is 64.3 Å². The zero-order chi connectivity index (χ0) is 17.5. The highest BCUT2D eigenvalue weighted by atomic mass is 35.5. The molecule has 0 spiro atoms. The molecule has 0 saturated carbocycles. The Hall–Kier alpha value is -2.54. The first kappa shape index (κ1) is 16.3. The number of nitrogens with zero attached hydrogens (tertiary/aromatic N) is 2. The fraction of sp³-hybridized carbons (Fsp3) is 0.125. The van der Waals surface area contributed by atoms with Crippen LogP contribution in [0.1, 0.15) is 21.6 Å². The Labute approximate surface area is 139 Å². The van der Waals surface area contributed by atoms with Gasteiger partial charge in [0.15, 0.2) is 5.69 Å². The van der Waals surface area contributed by atoms with Crippen LogP contribution in [0.25, 0.3) is 10.9 Å². The van der Waals surface area contributed by atoms with E-state index in [1.165, 1.54) is 10.7 Å². The summed E-state index contributed by atoms with van der Waals surface area (Å²) in [7, 11) is 0. The van der Waals surface area contributed by atoms with Crippen LogP contribution in [0.3, 0.4) is 0 Å². The van der Waals surface area contributed by atoms with Gasteiger partial charge < -0.3 is 5.11 Å². The van der Waals surface area contributed by atoms with Gasteiger partial charge in [-0.05, 0) is 29.8 Å². The van der Waals surface area contributed by atoms with Crippen molar-refractivity contribution in [2.24, 2.45) is 0 Å². The number of aromatic nitrogens is 2. The highest BCUT2D eigenvalue weighted by molar-refractivity contribution is 6.30. The van der Waals surface area contributed by atoms with Gasteiger partial charge in [-0.25, -0.2) is 4.79 Å². The summed E-state index contributed by atoms with van der Waals surface area (Å²) in [6, 6.07) is 9.74. The summed E-state index contributed by atoms with van der Waals surface area (Å²) in [6.45, 7) is -0.247. The first-order valence-electron chi connectivity index (χ1n) is 6.82. The lowest BCUT2D eigenvalue weighted by Crippen LogP contribution is -2.13. The second-order valence-electron chi connectivity index (χ2n) is 5.13. The van der Waals surface area contributed by atoms with Crippen LogP contribution in [0.15, 0.2) is 42.5 Å². The molecule has 0 aliphatic carbocycles. The molecule has 0 amide bonds. The van der Waals surface area contributed by atoms with E-state index in [2.05, 4.69) is 5.10 Å². The smallest absolute Gasteiger partial charge is 0.416 e. The van der Waals surface area contributed by atoms with Crippen LogP contribution in [0.4, 0.5) is 13.2 Å². The Morgan fingerprint density at radius 3 is 2.58 bits per heavy atom. The lowest BCUT2D eigenvalue weighted by atomic mass is 10.1. The summed E-state index contributed by atoms with van der Waals surface area (Å²) in [5.74, 6) is -1.24. The Kier molecular flexibility index (Phi) is 3.96. The van der Waals surface area contributed by atoms with Crippen LogP contribution in [0.2, 0.25) is 5.02 Å². The maximum absolute atomic E-state index is 13.2. The third kappa shape index (κ3) is 2.94. The Morgan fingerprint density at radius 1 is 1.21 bits per heavy atom. The molecule has 3 aromatic rings. The average molecular weight is 355 g/mol. The molecule has 0 saturated heterocycles. The molecule has 1 N–H and O–H groups in total. The molecular weight excluding hydrogens is 345 g/mol. The standard InChI is InChI=1S/C16H10ClF3N2O2/c17-10-5-6-12(16(18,19)20)9(7-10)8-22-13-4-2-1-3-11(13)14(21-22)15(23)24/h1-7H,8H2,(H,23,24). The number of hydrogen-bond donors (Lipinski definition) is 1. The van der Waals surface area contributed by atoms with Crippen LogP contribution in [-0.4, -0.2) is 20.9 Å². The highest BCUT2D eigenvalue weighted by Gasteiger charge is 2.33. The van der Waals surface area contributed by atoms with Gasteiger partial charge in [0.25, 0.3) is 0 Å². The largest absolute Gasteiger partial charge is 0.476 e. The van der Waals surface area contributed by atoms with Crippen molar-refractivity contribution < 1.29 is 23.1 Å². The first-order valence-corrected chi connectivity index (χ1v) is 7.19. The number of halogens is 4. The minimum atomic E-state index is -4.54. The molecule has 4 nitrogen and oxygen atoms in total. The molecule has 24 heavy (non-hydrogen) atoms. The van der Waals surface area contributed by atoms with E-state index in [1.807, 2.05) is 0 Å².